The Morgan fingerprint density at radius 1 is 1.42 bits per heavy atom. The molecule has 0 bridgehead atoms. The standard InChI is InChI=1S/C17H14N6O/c1-9-13(7-18)16(17(19-3)10(2)21-9)11-4-5-14-12(6-11)15(8-20-24)23-22-14/h4-6,8,16,21,24H,1-2H3,(H,22,23)/b20-8+. The quantitative estimate of drug-likeness (QED) is 0.343. The molecular weight excluding hydrogens is 304 g/mol. The van der Waals surface area contributed by atoms with E-state index in [4.69, 9.17) is 11.8 Å². The van der Waals surface area contributed by atoms with Gasteiger partial charge < -0.3 is 10.5 Å². The highest BCUT2D eigenvalue weighted by Gasteiger charge is 2.30. The van der Waals surface area contributed by atoms with E-state index in [0.29, 0.717) is 17.0 Å². The fourth-order valence-electron chi connectivity index (χ4n) is 2.99. The molecule has 1 unspecified atom stereocenters. The van der Waals surface area contributed by atoms with E-state index in [9.17, 15) is 5.26 Å². The smallest absolute Gasteiger partial charge is 0.196 e. The summed E-state index contributed by atoms with van der Waals surface area (Å²) < 4.78 is 0. The predicted molar refractivity (Wildman–Crippen MR) is 89.0 cm³/mol. The van der Waals surface area contributed by atoms with Gasteiger partial charge in [0.05, 0.1) is 35.9 Å². The van der Waals surface area contributed by atoms with E-state index in [1.165, 1.54) is 6.21 Å². The Kier molecular flexibility index (Phi) is 3.77. The van der Waals surface area contributed by atoms with Crippen LogP contribution in [0.2, 0.25) is 0 Å². The number of nitrogens with one attached hydrogen (secondary N) is 2. The first-order valence-corrected chi connectivity index (χ1v) is 7.22. The highest BCUT2D eigenvalue weighted by molar-refractivity contribution is 5.96. The van der Waals surface area contributed by atoms with Crippen molar-refractivity contribution in [3.05, 3.63) is 63.5 Å². The number of benzene rings is 1. The number of nitriles is 1. The van der Waals surface area contributed by atoms with Gasteiger partial charge in [-0.25, -0.2) is 4.85 Å². The van der Waals surface area contributed by atoms with Gasteiger partial charge >= 0.3 is 0 Å². The van der Waals surface area contributed by atoms with Crippen LogP contribution in [0.25, 0.3) is 15.7 Å². The van der Waals surface area contributed by atoms with Gasteiger partial charge in [-0.15, -0.1) is 0 Å². The summed E-state index contributed by atoms with van der Waals surface area (Å²) in [5.74, 6) is -0.424. The van der Waals surface area contributed by atoms with Crippen LogP contribution < -0.4 is 5.32 Å². The minimum atomic E-state index is -0.424. The second-order valence-electron chi connectivity index (χ2n) is 5.49. The van der Waals surface area contributed by atoms with Gasteiger partial charge in [0.15, 0.2) is 5.70 Å². The number of H-pyrrole nitrogens is 1. The first-order chi connectivity index (χ1) is 11.6. The summed E-state index contributed by atoms with van der Waals surface area (Å²) in [5, 5.41) is 32.1. The van der Waals surface area contributed by atoms with Crippen molar-refractivity contribution >= 4 is 17.1 Å². The van der Waals surface area contributed by atoms with E-state index in [-0.39, 0.29) is 0 Å². The van der Waals surface area contributed by atoms with Crippen LogP contribution >= 0.6 is 0 Å². The SMILES string of the molecule is [C-]#[N+]C1=C(C)NC(C)=C(C#N)C1c1ccc2[nH]nc(/C=N/O)c2c1. The molecule has 0 saturated heterocycles. The van der Waals surface area contributed by atoms with Crippen molar-refractivity contribution in [1.29, 1.82) is 5.26 Å². The lowest BCUT2D eigenvalue weighted by molar-refractivity contribution is 0.321. The van der Waals surface area contributed by atoms with Crippen molar-refractivity contribution < 1.29 is 5.21 Å². The van der Waals surface area contributed by atoms with Gasteiger partial charge in [0.2, 0.25) is 0 Å². The number of allylic oxidation sites excluding steroid dienone is 3. The summed E-state index contributed by atoms with van der Waals surface area (Å²) in [5.41, 5.74) is 4.61. The number of oxime groups is 1. The minimum absolute atomic E-state index is 0.424. The van der Waals surface area contributed by atoms with E-state index in [1.807, 2.05) is 32.0 Å². The molecule has 0 spiro atoms. The number of aromatic nitrogens is 2. The van der Waals surface area contributed by atoms with Gasteiger partial charge in [0.25, 0.3) is 0 Å². The first kappa shape index (κ1) is 15.3. The van der Waals surface area contributed by atoms with Crippen LogP contribution in [0.5, 0.6) is 0 Å². The molecule has 1 aliphatic rings. The summed E-state index contributed by atoms with van der Waals surface area (Å²) in [4.78, 5) is 3.64. The summed E-state index contributed by atoms with van der Waals surface area (Å²) in [7, 11) is 0. The molecule has 0 aliphatic carbocycles. The molecule has 1 aliphatic heterocycles. The van der Waals surface area contributed by atoms with Crippen LogP contribution in [-0.2, 0) is 0 Å². The molecule has 1 aromatic heterocycles. The number of dihydropyridines is 1. The van der Waals surface area contributed by atoms with Crippen molar-refractivity contribution in [2.45, 2.75) is 19.8 Å². The van der Waals surface area contributed by atoms with E-state index in [1.54, 1.807) is 0 Å². The van der Waals surface area contributed by atoms with Crippen LogP contribution in [0, 0.1) is 17.9 Å². The Bertz CT molecular complexity index is 960. The molecule has 1 aromatic carbocycles. The van der Waals surface area contributed by atoms with Gasteiger partial charge in [-0.2, -0.15) is 10.4 Å². The molecule has 0 radical (unpaired) electrons. The summed E-state index contributed by atoms with van der Waals surface area (Å²) >= 11 is 0. The van der Waals surface area contributed by atoms with E-state index in [2.05, 4.69) is 31.6 Å². The second-order valence-corrected chi connectivity index (χ2v) is 5.49. The lowest BCUT2D eigenvalue weighted by Gasteiger charge is -2.26. The Balaban J connectivity index is 2.23. The molecule has 3 N–H and O–H groups in total. The monoisotopic (exact) mass is 318 g/mol. The largest absolute Gasteiger partial charge is 0.411 e. The Labute approximate surface area is 138 Å². The van der Waals surface area contributed by atoms with Crippen LogP contribution in [0.4, 0.5) is 0 Å². The molecular formula is C17H14N6O. The molecule has 7 nitrogen and oxygen atoms in total. The lowest BCUT2D eigenvalue weighted by Crippen LogP contribution is -2.22. The van der Waals surface area contributed by atoms with E-state index >= 15 is 0 Å². The maximum atomic E-state index is 9.56. The Morgan fingerprint density at radius 2 is 2.21 bits per heavy atom. The number of aromatic amines is 1. The Hall–Kier alpha value is -3.58. The molecule has 0 saturated carbocycles. The predicted octanol–water partition coefficient (Wildman–Crippen LogP) is 3.01. The third-order valence-corrected chi connectivity index (χ3v) is 4.10. The minimum Gasteiger partial charge on any atom is -0.411 e. The van der Waals surface area contributed by atoms with Gasteiger partial charge in [0.1, 0.15) is 5.69 Å². The molecule has 1 atom stereocenters. The molecule has 2 heterocycles. The number of nitrogens with zero attached hydrogens (tertiary/aromatic N) is 4. The van der Waals surface area contributed by atoms with Crippen molar-refractivity contribution in [3.63, 3.8) is 0 Å². The molecule has 0 amide bonds. The van der Waals surface area contributed by atoms with Gasteiger partial charge in [-0.3, -0.25) is 5.10 Å². The number of fused-ring (bicyclic) bond motifs is 1. The van der Waals surface area contributed by atoms with Crippen molar-refractivity contribution in [1.82, 2.24) is 15.5 Å². The number of hydrogen-bond acceptors (Lipinski definition) is 5. The average molecular weight is 318 g/mol. The number of rotatable bonds is 2. The van der Waals surface area contributed by atoms with Crippen LogP contribution in [0.3, 0.4) is 0 Å². The average Bonchev–Trinajstić information content (AvgIpc) is 2.97. The highest BCUT2D eigenvalue weighted by Crippen LogP contribution is 2.39. The van der Waals surface area contributed by atoms with Crippen LogP contribution in [0.15, 0.2) is 46.0 Å². The van der Waals surface area contributed by atoms with E-state index < -0.39 is 5.92 Å². The topological polar surface area (TPSA) is 101 Å². The third-order valence-electron chi connectivity index (χ3n) is 4.10. The second kappa shape index (κ2) is 5.90. The van der Waals surface area contributed by atoms with Gasteiger partial charge in [-0.05, 0) is 31.5 Å². The normalized spacial score (nSPS) is 17.9. The summed E-state index contributed by atoms with van der Waals surface area (Å²) in [6.07, 6.45) is 1.24. The Morgan fingerprint density at radius 3 is 2.88 bits per heavy atom. The molecule has 118 valence electrons. The molecule has 2 aromatic rings. The molecule has 24 heavy (non-hydrogen) atoms. The summed E-state index contributed by atoms with van der Waals surface area (Å²) in [6.45, 7) is 11.2. The molecule has 0 fully saturated rings. The maximum Gasteiger partial charge on any atom is 0.196 e. The van der Waals surface area contributed by atoms with Gasteiger partial charge in [-0.1, -0.05) is 11.2 Å². The zero-order valence-corrected chi connectivity index (χ0v) is 13.1. The highest BCUT2D eigenvalue weighted by atomic mass is 16.4. The fourth-order valence-corrected chi connectivity index (χ4v) is 2.99. The van der Waals surface area contributed by atoms with E-state index in [0.717, 1.165) is 27.9 Å². The van der Waals surface area contributed by atoms with Crippen LogP contribution in [-0.4, -0.2) is 21.6 Å². The zero-order chi connectivity index (χ0) is 17.3. The third kappa shape index (κ3) is 2.29. The van der Waals surface area contributed by atoms with Crippen molar-refractivity contribution in [3.8, 4) is 6.07 Å². The zero-order valence-electron chi connectivity index (χ0n) is 13.1. The molecule has 3 rings (SSSR count). The van der Waals surface area contributed by atoms with Crippen LogP contribution in [0.1, 0.15) is 31.0 Å². The fraction of sp³-hybridized carbons (Fsp3) is 0.176. The molecule has 7 heteroatoms. The number of hydrogen-bond donors (Lipinski definition) is 3. The van der Waals surface area contributed by atoms with Gasteiger partial charge in [0, 0.05) is 16.8 Å². The summed E-state index contributed by atoms with van der Waals surface area (Å²) in [6, 6.07) is 7.81. The lowest BCUT2D eigenvalue weighted by atomic mass is 9.84. The van der Waals surface area contributed by atoms with Crippen molar-refractivity contribution in [2.24, 2.45) is 5.16 Å². The van der Waals surface area contributed by atoms with Crippen molar-refractivity contribution in [2.75, 3.05) is 0 Å². The maximum absolute atomic E-state index is 9.56. The first-order valence-electron chi connectivity index (χ1n) is 7.22.